The van der Waals surface area contributed by atoms with Gasteiger partial charge in [0, 0.05) is 29.1 Å². The normalized spacial score (nSPS) is 15.9. The number of aromatic nitrogens is 2. The molecule has 1 aromatic carbocycles. The molecule has 5 heteroatoms. The standard InChI is InChI=1S/C14H15ClFN3/c15-10-7-11(16)9-12(8-10)18-14-17-5-6-19(14)13-3-1-2-4-13/h5-9,13H,1-4H2,(H,17,18). The van der Waals surface area contributed by atoms with Crippen molar-refractivity contribution >= 4 is 23.2 Å². The van der Waals surface area contributed by atoms with E-state index in [9.17, 15) is 4.39 Å². The van der Waals surface area contributed by atoms with Crippen molar-refractivity contribution in [2.45, 2.75) is 31.7 Å². The molecule has 1 aliphatic carbocycles. The van der Waals surface area contributed by atoms with Crippen LogP contribution in [0.25, 0.3) is 0 Å². The number of nitrogens with zero attached hydrogens (tertiary/aromatic N) is 2. The average Bonchev–Trinajstić information content (AvgIpc) is 2.96. The summed E-state index contributed by atoms with van der Waals surface area (Å²) in [6.07, 6.45) is 8.60. The zero-order valence-corrected chi connectivity index (χ0v) is 11.2. The van der Waals surface area contributed by atoms with Crippen LogP contribution in [0.2, 0.25) is 5.02 Å². The van der Waals surface area contributed by atoms with E-state index in [0.717, 1.165) is 5.95 Å². The summed E-state index contributed by atoms with van der Waals surface area (Å²) in [6.45, 7) is 0. The highest BCUT2D eigenvalue weighted by Gasteiger charge is 2.19. The first-order chi connectivity index (χ1) is 9.22. The molecule has 1 aromatic heterocycles. The molecule has 0 atom stereocenters. The molecule has 0 amide bonds. The first-order valence-corrected chi connectivity index (χ1v) is 6.86. The molecule has 1 heterocycles. The van der Waals surface area contributed by atoms with Gasteiger partial charge in [-0.15, -0.1) is 0 Å². The van der Waals surface area contributed by atoms with Crippen molar-refractivity contribution in [2.24, 2.45) is 0 Å². The van der Waals surface area contributed by atoms with Gasteiger partial charge in [0.2, 0.25) is 5.95 Å². The molecule has 0 aliphatic heterocycles. The third-order valence-corrected chi connectivity index (χ3v) is 3.72. The van der Waals surface area contributed by atoms with Crippen molar-refractivity contribution in [1.29, 1.82) is 0 Å². The lowest BCUT2D eigenvalue weighted by molar-refractivity contribution is 0.525. The molecule has 0 radical (unpaired) electrons. The molecule has 0 saturated heterocycles. The summed E-state index contributed by atoms with van der Waals surface area (Å²) in [7, 11) is 0. The van der Waals surface area contributed by atoms with Crippen molar-refractivity contribution < 1.29 is 4.39 Å². The number of hydrogen-bond donors (Lipinski definition) is 1. The summed E-state index contributed by atoms with van der Waals surface area (Å²) in [6, 6.07) is 4.89. The highest BCUT2D eigenvalue weighted by Crippen LogP contribution is 2.32. The van der Waals surface area contributed by atoms with Crippen LogP contribution >= 0.6 is 11.6 Å². The Labute approximate surface area is 116 Å². The van der Waals surface area contributed by atoms with E-state index in [2.05, 4.69) is 14.9 Å². The fraction of sp³-hybridized carbons (Fsp3) is 0.357. The van der Waals surface area contributed by atoms with Crippen LogP contribution in [-0.4, -0.2) is 9.55 Å². The van der Waals surface area contributed by atoms with E-state index in [1.54, 1.807) is 12.3 Å². The van der Waals surface area contributed by atoms with Crippen molar-refractivity contribution in [2.75, 3.05) is 5.32 Å². The van der Waals surface area contributed by atoms with E-state index >= 15 is 0 Å². The molecule has 0 bridgehead atoms. The summed E-state index contributed by atoms with van der Waals surface area (Å²) < 4.78 is 15.4. The Morgan fingerprint density at radius 1 is 1.26 bits per heavy atom. The van der Waals surface area contributed by atoms with Crippen LogP contribution in [0.5, 0.6) is 0 Å². The van der Waals surface area contributed by atoms with E-state index in [-0.39, 0.29) is 5.82 Å². The Balaban J connectivity index is 1.85. The van der Waals surface area contributed by atoms with Gasteiger partial charge in [-0.05, 0) is 31.0 Å². The molecule has 1 aliphatic rings. The van der Waals surface area contributed by atoms with Gasteiger partial charge in [0.05, 0.1) is 0 Å². The molecule has 0 spiro atoms. The molecular weight excluding hydrogens is 265 g/mol. The van der Waals surface area contributed by atoms with Gasteiger partial charge in [0.1, 0.15) is 5.82 Å². The number of imidazole rings is 1. The largest absolute Gasteiger partial charge is 0.325 e. The predicted octanol–water partition coefficient (Wildman–Crippen LogP) is 4.53. The maximum absolute atomic E-state index is 13.3. The fourth-order valence-corrected chi connectivity index (χ4v) is 2.86. The van der Waals surface area contributed by atoms with Gasteiger partial charge in [-0.2, -0.15) is 0 Å². The van der Waals surface area contributed by atoms with Crippen LogP contribution in [0.1, 0.15) is 31.7 Å². The summed E-state index contributed by atoms with van der Waals surface area (Å²) in [5.74, 6) is 0.391. The molecule has 1 fully saturated rings. The topological polar surface area (TPSA) is 29.9 Å². The quantitative estimate of drug-likeness (QED) is 0.894. The predicted molar refractivity (Wildman–Crippen MR) is 74.4 cm³/mol. The Morgan fingerprint density at radius 3 is 2.79 bits per heavy atom. The highest BCUT2D eigenvalue weighted by molar-refractivity contribution is 6.30. The van der Waals surface area contributed by atoms with Crippen LogP contribution in [-0.2, 0) is 0 Å². The minimum atomic E-state index is -0.353. The first kappa shape index (κ1) is 12.5. The van der Waals surface area contributed by atoms with Crippen LogP contribution in [0, 0.1) is 5.82 Å². The van der Waals surface area contributed by atoms with Gasteiger partial charge in [-0.25, -0.2) is 9.37 Å². The van der Waals surface area contributed by atoms with E-state index in [1.165, 1.54) is 37.8 Å². The molecule has 3 rings (SSSR count). The minimum Gasteiger partial charge on any atom is -0.325 e. The number of benzene rings is 1. The number of anilines is 2. The van der Waals surface area contributed by atoms with Crippen LogP contribution in [0.15, 0.2) is 30.6 Å². The molecule has 1 N–H and O–H groups in total. The molecule has 19 heavy (non-hydrogen) atoms. The van der Waals surface area contributed by atoms with E-state index in [4.69, 9.17) is 11.6 Å². The molecule has 1 saturated carbocycles. The van der Waals surface area contributed by atoms with Gasteiger partial charge < -0.3 is 9.88 Å². The summed E-state index contributed by atoms with van der Waals surface area (Å²) >= 11 is 5.85. The van der Waals surface area contributed by atoms with E-state index in [0.29, 0.717) is 16.8 Å². The van der Waals surface area contributed by atoms with Crippen LogP contribution in [0.4, 0.5) is 16.0 Å². The molecule has 0 unspecified atom stereocenters. The van der Waals surface area contributed by atoms with Crippen molar-refractivity contribution in [3.63, 3.8) is 0 Å². The van der Waals surface area contributed by atoms with Gasteiger partial charge in [0.15, 0.2) is 0 Å². The lowest BCUT2D eigenvalue weighted by Gasteiger charge is -2.15. The maximum atomic E-state index is 13.3. The molecule has 100 valence electrons. The summed E-state index contributed by atoms with van der Waals surface area (Å²) in [5.41, 5.74) is 0.621. The average molecular weight is 280 g/mol. The third-order valence-electron chi connectivity index (χ3n) is 3.51. The van der Waals surface area contributed by atoms with E-state index < -0.39 is 0 Å². The SMILES string of the molecule is Fc1cc(Cl)cc(Nc2nccn2C2CCCC2)c1. The number of nitrogens with one attached hydrogen (secondary N) is 1. The fourth-order valence-electron chi connectivity index (χ4n) is 2.64. The molecule has 2 aromatic rings. The number of hydrogen-bond acceptors (Lipinski definition) is 2. The van der Waals surface area contributed by atoms with E-state index in [1.807, 2.05) is 6.20 Å². The van der Waals surface area contributed by atoms with Crippen LogP contribution < -0.4 is 5.32 Å². The van der Waals surface area contributed by atoms with Gasteiger partial charge in [-0.3, -0.25) is 0 Å². The Bertz CT molecular complexity index is 556. The monoisotopic (exact) mass is 279 g/mol. The van der Waals surface area contributed by atoms with Gasteiger partial charge in [0.25, 0.3) is 0 Å². The first-order valence-electron chi connectivity index (χ1n) is 6.48. The zero-order valence-electron chi connectivity index (χ0n) is 10.4. The van der Waals surface area contributed by atoms with Gasteiger partial charge in [-0.1, -0.05) is 24.4 Å². The smallest absolute Gasteiger partial charge is 0.207 e. The second-order valence-electron chi connectivity index (χ2n) is 4.88. The van der Waals surface area contributed by atoms with Crippen molar-refractivity contribution in [3.05, 3.63) is 41.4 Å². The lowest BCUT2D eigenvalue weighted by Crippen LogP contribution is -2.08. The molecule has 3 nitrogen and oxygen atoms in total. The Morgan fingerprint density at radius 2 is 2.05 bits per heavy atom. The third kappa shape index (κ3) is 2.73. The number of halogens is 2. The Hall–Kier alpha value is -1.55. The van der Waals surface area contributed by atoms with Crippen molar-refractivity contribution in [3.8, 4) is 0 Å². The minimum absolute atomic E-state index is 0.353. The Kier molecular flexibility index (Phi) is 3.42. The zero-order chi connectivity index (χ0) is 13.2. The number of rotatable bonds is 3. The summed E-state index contributed by atoms with van der Waals surface area (Å²) in [4.78, 5) is 4.30. The second kappa shape index (κ2) is 5.21. The lowest BCUT2D eigenvalue weighted by atomic mass is 10.2. The second-order valence-corrected chi connectivity index (χ2v) is 5.32. The van der Waals surface area contributed by atoms with Gasteiger partial charge >= 0.3 is 0 Å². The molecular formula is C14H15ClFN3. The summed E-state index contributed by atoms with van der Waals surface area (Å²) in [5, 5.41) is 3.51. The van der Waals surface area contributed by atoms with Crippen LogP contribution in [0.3, 0.4) is 0 Å². The maximum Gasteiger partial charge on any atom is 0.207 e. The highest BCUT2D eigenvalue weighted by atomic mass is 35.5. The van der Waals surface area contributed by atoms with Crippen molar-refractivity contribution in [1.82, 2.24) is 9.55 Å².